The summed E-state index contributed by atoms with van der Waals surface area (Å²) in [4.78, 5) is 19.1. The number of ether oxygens (including phenoxy) is 1. The minimum atomic E-state index is -4.62. The zero-order valence-corrected chi connectivity index (χ0v) is 21.5. The Morgan fingerprint density at radius 1 is 0.875 bits per heavy atom. The van der Waals surface area contributed by atoms with Crippen molar-refractivity contribution < 1.29 is 35.9 Å². The lowest BCUT2D eigenvalue weighted by Gasteiger charge is -2.38. The van der Waals surface area contributed by atoms with Gasteiger partial charge in [0, 0.05) is 5.70 Å². The van der Waals surface area contributed by atoms with E-state index in [1.54, 1.807) is 6.92 Å². The van der Waals surface area contributed by atoms with E-state index < -0.39 is 35.5 Å². The molecule has 1 aliphatic rings. The number of nitrogens with one attached hydrogen (secondary N) is 1. The minimum absolute atomic E-state index is 0.00691. The lowest BCUT2D eigenvalue weighted by atomic mass is 9.93. The van der Waals surface area contributed by atoms with Crippen LogP contribution in [0.25, 0.3) is 0 Å². The minimum Gasteiger partial charge on any atom is -0.466 e. The summed E-state index contributed by atoms with van der Waals surface area (Å²) in [6.07, 6.45) is -9.17. The highest BCUT2D eigenvalue weighted by molar-refractivity contribution is 5.96. The molecule has 0 saturated heterocycles. The molecule has 0 fully saturated rings. The number of esters is 1. The van der Waals surface area contributed by atoms with Crippen molar-refractivity contribution in [2.45, 2.75) is 38.4 Å². The zero-order chi connectivity index (χ0) is 29.1. The van der Waals surface area contributed by atoms with Gasteiger partial charge in [-0.2, -0.15) is 26.3 Å². The van der Waals surface area contributed by atoms with Crippen molar-refractivity contribution in [3.05, 3.63) is 118 Å². The number of alkyl halides is 6. The summed E-state index contributed by atoms with van der Waals surface area (Å²) < 4.78 is 85.6. The van der Waals surface area contributed by atoms with Gasteiger partial charge in [-0.1, -0.05) is 54.6 Å². The van der Waals surface area contributed by atoms with Crippen LogP contribution in [0.5, 0.6) is 0 Å². The van der Waals surface area contributed by atoms with E-state index in [0.717, 1.165) is 36.9 Å². The molecule has 4 rings (SSSR count). The van der Waals surface area contributed by atoms with Crippen LogP contribution in [0.1, 0.15) is 40.8 Å². The van der Waals surface area contributed by atoms with Gasteiger partial charge in [0.1, 0.15) is 0 Å². The van der Waals surface area contributed by atoms with E-state index in [-0.39, 0.29) is 41.4 Å². The molecule has 0 spiro atoms. The third kappa shape index (κ3) is 6.47. The highest BCUT2D eigenvalue weighted by Crippen LogP contribution is 2.36. The first-order chi connectivity index (χ1) is 18.9. The van der Waals surface area contributed by atoms with Crippen molar-refractivity contribution in [1.82, 2.24) is 10.2 Å². The molecule has 0 saturated carbocycles. The van der Waals surface area contributed by atoms with Crippen molar-refractivity contribution in [3.8, 4) is 0 Å². The Balaban J connectivity index is 1.84. The molecule has 0 radical (unpaired) electrons. The van der Waals surface area contributed by atoms with Gasteiger partial charge in [0.2, 0.25) is 0 Å². The first kappa shape index (κ1) is 28.7. The van der Waals surface area contributed by atoms with Gasteiger partial charge >= 0.3 is 18.3 Å². The van der Waals surface area contributed by atoms with E-state index in [1.165, 1.54) is 29.2 Å². The highest BCUT2D eigenvalue weighted by atomic mass is 19.4. The third-order valence-corrected chi connectivity index (χ3v) is 6.41. The lowest BCUT2D eigenvalue weighted by molar-refractivity contribution is -0.138. The first-order valence-corrected chi connectivity index (χ1v) is 12.1. The largest absolute Gasteiger partial charge is 0.466 e. The van der Waals surface area contributed by atoms with Gasteiger partial charge in [-0.05, 0) is 47.9 Å². The average molecular weight is 562 g/mol. The molecule has 210 valence electrons. The maximum absolute atomic E-state index is 13.5. The Labute approximate surface area is 226 Å². The molecule has 1 aliphatic heterocycles. The summed E-state index contributed by atoms with van der Waals surface area (Å²) >= 11 is 0. The number of aliphatic imine (C=N–C) groups is 1. The molecule has 1 atom stereocenters. The van der Waals surface area contributed by atoms with Crippen molar-refractivity contribution in [2.75, 3.05) is 7.11 Å². The quantitative estimate of drug-likeness (QED) is 0.264. The Morgan fingerprint density at radius 3 is 2.10 bits per heavy atom. The van der Waals surface area contributed by atoms with Gasteiger partial charge in [-0.3, -0.25) is 0 Å². The SMILES string of the molecule is COC(=O)C1=C(C)N(Cc2cccc(C(F)(F)F)c2)C(=NCc2ccccc2)NC1c1cccc(C(F)(F)F)c1. The fraction of sp³-hybridized carbons (Fsp3) is 0.241. The van der Waals surface area contributed by atoms with E-state index in [4.69, 9.17) is 4.74 Å². The van der Waals surface area contributed by atoms with E-state index >= 15 is 0 Å². The predicted octanol–water partition coefficient (Wildman–Crippen LogP) is 6.87. The van der Waals surface area contributed by atoms with Gasteiger partial charge in [-0.15, -0.1) is 0 Å². The first-order valence-electron chi connectivity index (χ1n) is 12.1. The van der Waals surface area contributed by atoms with E-state index in [9.17, 15) is 31.1 Å². The number of hydrogen-bond acceptors (Lipinski definition) is 3. The number of guanidine groups is 1. The summed E-state index contributed by atoms with van der Waals surface area (Å²) in [7, 11) is 1.14. The fourth-order valence-electron chi connectivity index (χ4n) is 4.42. The van der Waals surface area contributed by atoms with Gasteiger partial charge in [0.25, 0.3) is 0 Å². The number of benzene rings is 3. The Morgan fingerprint density at radius 2 is 1.48 bits per heavy atom. The van der Waals surface area contributed by atoms with Crippen molar-refractivity contribution in [2.24, 2.45) is 4.99 Å². The van der Waals surface area contributed by atoms with Crippen LogP contribution in [0.2, 0.25) is 0 Å². The molecule has 11 heteroatoms. The predicted molar refractivity (Wildman–Crippen MR) is 137 cm³/mol. The number of allylic oxidation sites excluding steroid dienone is 1. The number of carbonyl (C=O) groups is 1. The Kier molecular flexibility index (Phi) is 8.22. The van der Waals surface area contributed by atoms with Crippen LogP contribution in [0.15, 0.2) is 95.1 Å². The molecule has 3 aromatic carbocycles. The van der Waals surface area contributed by atoms with E-state index in [2.05, 4.69) is 10.3 Å². The van der Waals surface area contributed by atoms with Crippen LogP contribution in [-0.2, 0) is 35.0 Å². The molecule has 40 heavy (non-hydrogen) atoms. The average Bonchev–Trinajstić information content (AvgIpc) is 2.92. The molecule has 1 unspecified atom stereocenters. The van der Waals surface area contributed by atoms with Crippen LogP contribution in [0.4, 0.5) is 26.3 Å². The summed E-state index contributed by atoms with van der Waals surface area (Å²) in [5, 5.41) is 3.06. The standard InChI is InChI=1S/C29H25F6N3O2/c1-18-24(26(39)40-2)25(21-11-7-13-23(15-21)29(33,34)35)37-27(36-16-19-8-4-3-5-9-19)38(18)17-20-10-6-12-22(14-20)28(30,31)32/h3-15,25H,16-17H2,1-2H3,(H,36,37). The summed E-state index contributed by atoms with van der Waals surface area (Å²) in [5.41, 5.74) is -0.209. The molecular formula is C29H25F6N3O2. The normalized spacial score (nSPS) is 17.1. The zero-order valence-electron chi connectivity index (χ0n) is 21.5. The second-order valence-corrected chi connectivity index (χ2v) is 9.10. The number of methoxy groups -OCH3 is 1. The number of rotatable bonds is 6. The van der Waals surface area contributed by atoms with Gasteiger partial charge in [0.05, 0.1) is 42.9 Å². The van der Waals surface area contributed by atoms with Crippen molar-refractivity contribution >= 4 is 11.9 Å². The summed E-state index contributed by atoms with van der Waals surface area (Å²) in [6, 6.07) is 17.3. The van der Waals surface area contributed by atoms with Crippen LogP contribution in [-0.4, -0.2) is 23.9 Å². The van der Waals surface area contributed by atoms with Gasteiger partial charge in [-0.25, -0.2) is 9.79 Å². The molecule has 0 aromatic heterocycles. The maximum Gasteiger partial charge on any atom is 0.416 e. The topological polar surface area (TPSA) is 53.9 Å². The van der Waals surface area contributed by atoms with Crippen LogP contribution in [0.3, 0.4) is 0 Å². The van der Waals surface area contributed by atoms with Crippen LogP contribution >= 0.6 is 0 Å². The molecule has 0 bridgehead atoms. The summed E-state index contributed by atoms with van der Waals surface area (Å²) in [6.45, 7) is 1.62. The number of carbonyl (C=O) groups excluding carboxylic acids is 1. The maximum atomic E-state index is 13.5. The van der Waals surface area contributed by atoms with Gasteiger partial charge in [0.15, 0.2) is 5.96 Å². The highest BCUT2D eigenvalue weighted by Gasteiger charge is 2.38. The molecule has 0 amide bonds. The van der Waals surface area contributed by atoms with Crippen LogP contribution in [0, 0.1) is 0 Å². The molecular weight excluding hydrogens is 536 g/mol. The molecule has 1 heterocycles. The van der Waals surface area contributed by atoms with Gasteiger partial charge < -0.3 is 15.0 Å². The molecule has 1 N–H and O–H groups in total. The van der Waals surface area contributed by atoms with E-state index in [0.29, 0.717) is 0 Å². The van der Waals surface area contributed by atoms with Crippen molar-refractivity contribution in [3.63, 3.8) is 0 Å². The second-order valence-electron chi connectivity index (χ2n) is 9.10. The summed E-state index contributed by atoms with van der Waals surface area (Å²) in [5.74, 6) is -0.627. The second kappa shape index (κ2) is 11.4. The monoisotopic (exact) mass is 561 g/mol. The lowest BCUT2D eigenvalue weighted by Crippen LogP contribution is -2.48. The third-order valence-electron chi connectivity index (χ3n) is 6.41. The molecule has 3 aromatic rings. The van der Waals surface area contributed by atoms with E-state index in [1.807, 2.05) is 30.3 Å². The molecule has 5 nitrogen and oxygen atoms in total. The smallest absolute Gasteiger partial charge is 0.416 e. The Hall–Kier alpha value is -4.28. The van der Waals surface area contributed by atoms with Crippen LogP contribution < -0.4 is 5.32 Å². The number of nitrogens with zero attached hydrogens (tertiary/aromatic N) is 2. The van der Waals surface area contributed by atoms with Crippen molar-refractivity contribution in [1.29, 1.82) is 0 Å². The number of hydrogen-bond donors (Lipinski definition) is 1. The fourth-order valence-corrected chi connectivity index (χ4v) is 4.42. The Bertz CT molecular complexity index is 1430. The number of halogens is 6. The molecule has 0 aliphatic carbocycles.